The predicted octanol–water partition coefficient (Wildman–Crippen LogP) is -1.34. The van der Waals surface area contributed by atoms with Crippen molar-refractivity contribution in [1.29, 1.82) is 0 Å². The van der Waals surface area contributed by atoms with Gasteiger partial charge in [0.25, 0.3) is 0 Å². The molecule has 0 aliphatic carbocycles. The molecular weight excluding hydrogens is 442 g/mol. The summed E-state index contributed by atoms with van der Waals surface area (Å²) in [6, 6.07) is 0. The largest absolute Gasteiger partial charge is 4.00 e. The third kappa shape index (κ3) is 17.7. The minimum absolute atomic E-state index is 0. The van der Waals surface area contributed by atoms with Gasteiger partial charge in [-0.25, -0.2) is 0 Å². The molecule has 0 aromatic rings. The quantitative estimate of drug-likeness (QED) is 0.390. The van der Waals surface area contributed by atoms with Crippen molar-refractivity contribution in [2.45, 2.75) is 0 Å². The second-order valence-electron chi connectivity index (χ2n) is 0.529. The van der Waals surface area contributed by atoms with Crippen molar-refractivity contribution in [3.05, 3.63) is 0 Å². The maximum absolute atomic E-state index is 9.24. The molecule has 2 atom stereocenters. The van der Waals surface area contributed by atoms with E-state index in [2.05, 4.69) is 4.31 Å². The van der Waals surface area contributed by atoms with Crippen LogP contribution in [0.4, 0.5) is 0 Å². The molecule has 0 heterocycles. The maximum atomic E-state index is 9.24. The Labute approximate surface area is 91.3 Å². The molecule has 0 amide bonds. The minimum atomic E-state index is -3.24. The second kappa shape index (κ2) is 9.85. The second-order valence-corrected chi connectivity index (χ2v) is 2.08. The van der Waals surface area contributed by atoms with Gasteiger partial charge in [0, 0.05) is 0 Å². The molecule has 0 fully saturated rings. The Bertz CT molecular complexity index is 91.1. The van der Waals surface area contributed by atoms with Crippen LogP contribution in [0.15, 0.2) is 0 Å². The molecule has 2 radical (unpaired) electrons. The molecule has 0 N–H and O–H groups in total. The van der Waals surface area contributed by atoms with Crippen LogP contribution in [-0.4, -0.2) is 26.2 Å². The first-order valence-corrected chi connectivity index (χ1v) is 3.29. The fourth-order valence-corrected chi connectivity index (χ4v) is 0.490. The van der Waals surface area contributed by atoms with Gasteiger partial charge in [-0.3, -0.25) is 0 Å². The first-order chi connectivity index (χ1) is 3.13. The van der Waals surface area contributed by atoms with E-state index in [-0.39, 0.29) is 52.4 Å². The van der Waals surface area contributed by atoms with Crippen LogP contribution in [0.2, 0.25) is 0 Å². The molecule has 0 rings (SSSR count). The van der Waals surface area contributed by atoms with E-state index < -0.39 is 16.5 Å². The average Bonchev–Trinajstić information content (AvgIpc) is 1.27. The minimum Gasteiger partial charge on any atom is -0.563 e. The summed E-state index contributed by atoms with van der Waals surface area (Å²) in [6.07, 6.45) is 0. The molecule has 9 heteroatoms. The summed E-state index contributed by atoms with van der Waals surface area (Å²) in [6.45, 7) is 0. The van der Waals surface area contributed by atoms with Gasteiger partial charge in [0.1, 0.15) is 4.31 Å². The molecule has 0 spiro atoms. The van der Waals surface area contributed by atoms with Gasteiger partial charge in [-0.15, -0.1) is 0 Å². The monoisotopic (exact) mass is 441 g/mol. The van der Waals surface area contributed by atoms with Gasteiger partial charge in [-0.05, 0) is 9.13 Å². The summed E-state index contributed by atoms with van der Waals surface area (Å²) in [4.78, 5) is 18.5. The first kappa shape index (κ1) is 17.1. The zero-order valence-corrected chi connectivity index (χ0v) is 11.6. The fraction of sp³-hybridized carbons (Fsp3) is 0. The Hall–Kier alpha value is 1.85. The van der Waals surface area contributed by atoms with E-state index in [0.717, 1.165) is 0 Å². The third-order valence-corrected chi connectivity index (χ3v) is 1.20. The van der Waals surface area contributed by atoms with Gasteiger partial charge < -0.3 is 9.79 Å². The smallest absolute Gasteiger partial charge is 0.563 e. The summed E-state index contributed by atoms with van der Waals surface area (Å²) in [5.41, 5.74) is 0. The molecule has 2 unspecified atom stereocenters. The summed E-state index contributed by atoms with van der Waals surface area (Å²) >= 11 is 0. The van der Waals surface area contributed by atoms with Gasteiger partial charge in [-0.2, -0.15) is 0 Å². The summed E-state index contributed by atoms with van der Waals surface area (Å²) in [7, 11) is -6.47. The molecule has 0 aliphatic heterocycles. The maximum Gasteiger partial charge on any atom is 4.00 e. The van der Waals surface area contributed by atoms with Crippen LogP contribution in [0.25, 0.3) is 0 Å². The fourth-order valence-electron chi connectivity index (χ4n) is 0.0544. The van der Waals surface area contributed by atoms with E-state index in [4.69, 9.17) is 0 Å². The van der Waals surface area contributed by atoms with E-state index in [1.807, 2.05) is 0 Å². The Morgan fingerprint density at radius 2 is 1.33 bits per heavy atom. The van der Waals surface area contributed by atoms with E-state index in [1.54, 1.807) is 0 Å². The molecule has 0 saturated heterocycles. The van der Waals surface area contributed by atoms with Crippen molar-refractivity contribution in [2.75, 3.05) is 0 Å². The van der Waals surface area contributed by atoms with Crippen molar-refractivity contribution in [3.63, 3.8) is 0 Å². The van der Waals surface area contributed by atoms with Gasteiger partial charge in [0.05, 0.1) is 0 Å². The van der Waals surface area contributed by atoms with Gasteiger partial charge in [0.15, 0.2) is 0 Å². The van der Waals surface area contributed by atoms with E-state index in [9.17, 15) is 18.9 Å². The van der Waals surface area contributed by atoms with Gasteiger partial charge in [0.2, 0.25) is 0 Å². The molecule has 42 valence electrons. The van der Waals surface area contributed by atoms with Crippen LogP contribution in [0.3, 0.4) is 0 Å². The van der Waals surface area contributed by atoms with Crippen molar-refractivity contribution in [1.82, 2.24) is 0 Å². The summed E-state index contributed by atoms with van der Waals surface area (Å²) < 4.78 is 21.6. The van der Waals surface area contributed by atoms with Gasteiger partial charge >= 0.3 is 68.9 Å². The van der Waals surface area contributed by atoms with Crippen LogP contribution >= 0.6 is 16.5 Å². The molecule has 0 aromatic heterocycles. The van der Waals surface area contributed by atoms with E-state index in [1.165, 1.54) is 0 Å². The molecule has 0 aromatic carbocycles. The van der Waals surface area contributed by atoms with Crippen LogP contribution in [-0.2, 0) is 39.6 Å². The average molecular weight is 442 g/mol. The van der Waals surface area contributed by atoms with Crippen molar-refractivity contribution in [3.8, 4) is 0 Å². The van der Waals surface area contributed by atoms with Crippen molar-refractivity contribution < 1.29 is 49.4 Å². The van der Waals surface area contributed by atoms with Crippen LogP contribution in [0.5, 0.6) is 0 Å². The standard InChI is InChI=1S/Bi.O5P2.Zr/c;1-6(2)5-7(3)4;/q+3;;+4. The summed E-state index contributed by atoms with van der Waals surface area (Å²) in [5.74, 6) is 0. The molecule has 0 saturated carbocycles. The SMILES string of the molecule is O=[P+]([O-])O[P+](=O)[O-].[Bi+3].[Zr+4]. The number of hydrogen-bond acceptors (Lipinski definition) is 5. The predicted molar refractivity (Wildman–Crippen MR) is 22.1 cm³/mol. The number of hydrogen-bond donors (Lipinski definition) is 0. The molecule has 9 heavy (non-hydrogen) atoms. The van der Waals surface area contributed by atoms with E-state index >= 15 is 0 Å². The molecule has 5 nitrogen and oxygen atoms in total. The molecular formula is BiO5P2Zr+7. The first-order valence-electron chi connectivity index (χ1n) is 1.10. The Morgan fingerprint density at radius 1 is 1.11 bits per heavy atom. The van der Waals surface area contributed by atoms with Crippen LogP contribution in [0, 0.1) is 0 Å². The number of rotatable bonds is 2. The normalized spacial score (nSPS) is 10.4. The summed E-state index contributed by atoms with van der Waals surface area (Å²) in [5, 5.41) is 0. The zero-order valence-electron chi connectivity index (χ0n) is 3.88. The third-order valence-electron chi connectivity index (χ3n) is 0.133. The Balaban J connectivity index is -0.000000180. The van der Waals surface area contributed by atoms with E-state index in [0.29, 0.717) is 0 Å². The molecule has 0 bridgehead atoms. The molecule has 0 aliphatic rings. The van der Waals surface area contributed by atoms with Crippen LogP contribution < -0.4 is 9.79 Å². The van der Waals surface area contributed by atoms with Gasteiger partial charge in [-0.1, -0.05) is 0 Å². The zero-order chi connectivity index (χ0) is 5.86. The Morgan fingerprint density at radius 3 is 1.33 bits per heavy atom. The van der Waals surface area contributed by atoms with Crippen LogP contribution in [0.1, 0.15) is 0 Å². The Kier molecular flexibility index (Phi) is 18.7. The van der Waals surface area contributed by atoms with Crippen molar-refractivity contribution in [2.24, 2.45) is 0 Å². The topological polar surface area (TPSA) is 89.5 Å². The van der Waals surface area contributed by atoms with Crippen molar-refractivity contribution >= 4 is 42.7 Å².